The Bertz CT molecular complexity index is 377. The predicted octanol–water partition coefficient (Wildman–Crippen LogP) is -0.540. The zero-order valence-electron chi connectivity index (χ0n) is 13.8. The van der Waals surface area contributed by atoms with Crippen molar-refractivity contribution in [3.8, 4) is 0 Å². The number of nitrogens with two attached hydrogens (primary N) is 1. The maximum atomic E-state index is 12.3. The second kappa shape index (κ2) is 11.3. The highest BCUT2D eigenvalue weighted by Gasteiger charge is 2.25. The van der Waals surface area contributed by atoms with Crippen LogP contribution < -0.4 is 21.7 Å². The Morgan fingerprint density at radius 3 is 2.23 bits per heavy atom. The topological polar surface area (TPSA) is 113 Å². The molecule has 0 saturated carbocycles. The number of likely N-dealkylation sites (N-methyl/N-ethyl adjacent to an activating group) is 1. The van der Waals surface area contributed by atoms with Gasteiger partial charge in [0.15, 0.2) is 0 Å². The van der Waals surface area contributed by atoms with Crippen LogP contribution in [0.4, 0.5) is 0 Å². The van der Waals surface area contributed by atoms with E-state index in [-0.39, 0.29) is 24.3 Å². The van der Waals surface area contributed by atoms with E-state index in [1.54, 1.807) is 18.8 Å². The van der Waals surface area contributed by atoms with E-state index in [1.807, 2.05) is 20.1 Å². The first-order valence-electron chi connectivity index (χ1n) is 7.34. The van der Waals surface area contributed by atoms with E-state index in [2.05, 4.69) is 16.0 Å². The number of carbonyl (C=O) groups is 3. The summed E-state index contributed by atoms with van der Waals surface area (Å²) >= 11 is 1.57. The van der Waals surface area contributed by atoms with Gasteiger partial charge in [0.05, 0.1) is 6.54 Å². The maximum absolute atomic E-state index is 12.3. The standard InChI is InChI=1S/C14H28N4O3S/c1-9(2)7-11(17-12(19)8-16-3)14(21)18-10(13(15)20)5-6-22-4/h9-11,16H,5-8H2,1-4H3,(H2,15,20)(H,17,19)(H,18,21)/t10-,11-/m0/s1. The maximum Gasteiger partial charge on any atom is 0.243 e. The lowest BCUT2D eigenvalue weighted by Gasteiger charge is -2.23. The Balaban J connectivity index is 4.77. The Hall–Kier alpha value is -1.28. The first-order valence-corrected chi connectivity index (χ1v) is 8.73. The summed E-state index contributed by atoms with van der Waals surface area (Å²) in [5.41, 5.74) is 5.32. The van der Waals surface area contributed by atoms with Gasteiger partial charge in [0, 0.05) is 0 Å². The van der Waals surface area contributed by atoms with E-state index in [0.29, 0.717) is 12.8 Å². The largest absolute Gasteiger partial charge is 0.368 e. The number of primary amides is 1. The molecule has 0 aromatic rings. The molecule has 0 saturated heterocycles. The third-order valence-electron chi connectivity index (χ3n) is 2.97. The van der Waals surface area contributed by atoms with Crippen molar-refractivity contribution in [1.29, 1.82) is 0 Å². The summed E-state index contributed by atoms with van der Waals surface area (Å²) in [5.74, 6) is -0.253. The van der Waals surface area contributed by atoms with Crippen LogP contribution in [0.5, 0.6) is 0 Å². The summed E-state index contributed by atoms with van der Waals surface area (Å²) < 4.78 is 0. The zero-order valence-corrected chi connectivity index (χ0v) is 14.6. The van der Waals surface area contributed by atoms with Crippen molar-refractivity contribution in [1.82, 2.24) is 16.0 Å². The average molecular weight is 332 g/mol. The fourth-order valence-corrected chi connectivity index (χ4v) is 2.37. The van der Waals surface area contributed by atoms with Crippen LogP contribution in [-0.2, 0) is 14.4 Å². The fourth-order valence-electron chi connectivity index (χ4n) is 1.90. The molecule has 0 aromatic heterocycles. The number of amides is 3. The minimum atomic E-state index is -0.712. The van der Waals surface area contributed by atoms with Crippen molar-refractivity contribution < 1.29 is 14.4 Å². The zero-order chi connectivity index (χ0) is 17.1. The summed E-state index contributed by atoms with van der Waals surface area (Å²) in [6.45, 7) is 4.06. The minimum absolute atomic E-state index is 0.133. The Morgan fingerprint density at radius 1 is 1.14 bits per heavy atom. The highest BCUT2D eigenvalue weighted by atomic mass is 32.2. The van der Waals surface area contributed by atoms with Gasteiger partial charge in [-0.05, 0) is 37.8 Å². The third kappa shape index (κ3) is 8.89. The summed E-state index contributed by atoms with van der Waals surface area (Å²) in [7, 11) is 1.66. The van der Waals surface area contributed by atoms with E-state index in [9.17, 15) is 14.4 Å². The van der Waals surface area contributed by atoms with Gasteiger partial charge in [-0.25, -0.2) is 0 Å². The summed E-state index contributed by atoms with van der Waals surface area (Å²) in [6.07, 6.45) is 2.88. The molecule has 7 nitrogen and oxygen atoms in total. The van der Waals surface area contributed by atoms with Crippen molar-refractivity contribution >= 4 is 29.5 Å². The van der Waals surface area contributed by atoms with Gasteiger partial charge in [0.1, 0.15) is 12.1 Å². The fraction of sp³-hybridized carbons (Fsp3) is 0.786. The van der Waals surface area contributed by atoms with E-state index in [1.165, 1.54) is 0 Å². The molecule has 3 amide bonds. The normalized spacial score (nSPS) is 13.5. The van der Waals surface area contributed by atoms with Crippen molar-refractivity contribution in [2.24, 2.45) is 11.7 Å². The van der Waals surface area contributed by atoms with Gasteiger partial charge in [-0.15, -0.1) is 0 Å². The molecule has 2 atom stereocenters. The molecular formula is C14H28N4O3S. The van der Waals surface area contributed by atoms with Gasteiger partial charge < -0.3 is 21.7 Å². The number of hydrogen-bond acceptors (Lipinski definition) is 5. The van der Waals surface area contributed by atoms with Gasteiger partial charge in [0.2, 0.25) is 17.7 Å². The van der Waals surface area contributed by atoms with Crippen LogP contribution in [0.25, 0.3) is 0 Å². The molecule has 22 heavy (non-hydrogen) atoms. The van der Waals surface area contributed by atoms with Crippen molar-refractivity contribution in [2.45, 2.75) is 38.8 Å². The molecule has 128 valence electrons. The number of rotatable bonds is 11. The number of nitrogens with one attached hydrogen (secondary N) is 3. The summed E-state index contributed by atoms with van der Waals surface area (Å²) in [6, 6.07) is -1.38. The van der Waals surface area contributed by atoms with E-state index >= 15 is 0 Å². The van der Waals surface area contributed by atoms with Gasteiger partial charge in [-0.2, -0.15) is 11.8 Å². The van der Waals surface area contributed by atoms with Crippen molar-refractivity contribution in [2.75, 3.05) is 25.6 Å². The van der Waals surface area contributed by atoms with Crippen LogP contribution in [0.3, 0.4) is 0 Å². The number of hydrogen-bond donors (Lipinski definition) is 4. The minimum Gasteiger partial charge on any atom is -0.368 e. The molecule has 0 rings (SSSR count). The van der Waals surface area contributed by atoms with Crippen LogP contribution in [0.1, 0.15) is 26.7 Å². The van der Waals surface area contributed by atoms with E-state index in [4.69, 9.17) is 5.73 Å². The summed E-state index contributed by atoms with van der Waals surface area (Å²) in [5, 5.41) is 8.05. The van der Waals surface area contributed by atoms with Crippen LogP contribution in [-0.4, -0.2) is 55.4 Å². The van der Waals surface area contributed by atoms with Crippen molar-refractivity contribution in [3.05, 3.63) is 0 Å². The lowest BCUT2D eigenvalue weighted by atomic mass is 10.0. The molecule has 0 fully saturated rings. The molecule has 0 heterocycles. The molecule has 8 heteroatoms. The predicted molar refractivity (Wildman–Crippen MR) is 89.4 cm³/mol. The lowest BCUT2D eigenvalue weighted by Crippen LogP contribution is -2.54. The Morgan fingerprint density at radius 2 is 1.77 bits per heavy atom. The molecule has 0 aliphatic heterocycles. The monoisotopic (exact) mass is 332 g/mol. The number of thioether (sulfide) groups is 1. The molecule has 0 aliphatic carbocycles. The van der Waals surface area contributed by atoms with Crippen LogP contribution in [0, 0.1) is 5.92 Å². The van der Waals surface area contributed by atoms with Crippen LogP contribution in [0.2, 0.25) is 0 Å². The third-order valence-corrected chi connectivity index (χ3v) is 3.61. The molecule has 0 radical (unpaired) electrons. The lowest BCUT2D eigenvalue weighted by molar-refractivity contribution is -0.131. The second-order valence-electron chi connectivity index (χ2n) is 5.52. The van der Waals surface area contributed by atoms with Crippen LogP contribution in [0.15, 0.2) is 0 Å². The first-order chi connectivity index (χ1) is 10.3. The molecule has 0 aromatic carbocycles. The van der Waals surface area contributed by atoms with Gasteiger partial charge in [0.25, 0.3) is 0 Å². The average Bonchev–Trinajstić information content (AvgIpc) is 2.41. The highest BCUT2D eigenvalue weighted by molar-refractivity contribution is 7.98. The smallest absolute Gasteiger partial charge is 0.243 e. The highest BCUT2D eigenvalue weighted by Crippen LogP contribution is 2.07. The molecule has 5 N–H and O–H groups in total. The van der Waals surface area contributed by atoms with E-state index < -0.39 is 18.0 Å². The summed E-state index contributed by atoms with van der Waals surface area (Å²) in [4.78, 5) is 35.4. The molecule has 0 spiro atoms. The molecule has 0 bridgehead atoms. The van der Waals surface area contributed by atoms with Crippen molar-refractivity contribution in [3.63, 3.8) is 0 Å². The Labute approximate surface area is 136 Å². The first kappa shape index (κ1) is 20.7. The van der Waals surface area contributed by atoms with E-state index in [0.717, 1.165) is 5.75 Å². The Kier molecular flexibility index (Phi) is 10.7. The van der Waals surface area contributed by atoms with Gasteiger partial charge in [-0.1, -0.05) is 13.8 Å². The van der Waals surface area contributed by atoms with Gasteiger partial charge >= 0.3 is 0 Å². The second-order valence-corrected chi connectivity index (χ2v) is 6.51. The number of carbonyl (C=O) groups excluding carboxylic acids is 3. The molecular weight excluding hydrogens is 304 g/mol. The molecule has 0 unspecified atom stereocenters. The SMILES string of the molecule is CNCC(=O)N[C@@H](CC(C)C)C(=O)N[C@@H](CCSC)C(N)=O. The molecule has 0 aliphatic rings. The quantitative estimate of drug-likeness (QED) is 0.406. The van der Waals surface area contributed by atoms with Gasteiger partial charge in [-0.3, -0.25) is 14.4 Å². The van der Waals surface area contributed by atoms with Crippen LogP contribution >= 0.6 is 11.8 Å².